The molecule has 22 heavy (non-hydrogen) atoms. The maximum absolute atomic E-state index is 9.11. The zero-order valence-electron chi connectivity index (χ0n) is 12.8. The maximum Gasteiger partial charge on any atom is 0.119 e. The Labute approximate surface area is 136 Å². The first kappa shape index (κ1) is 16.7. The van der Waals surface area contributed by atoms with Crippen molar-refractivity contribution < 1.29 is 14.6 Å². The Bertz CT molecular complexity index is 555. The molecule has 3 nitrogen and oxygen atoms in total. The molecule has 0 saturated heterocycles. The van der Waals surface area contributed by atoms with Crippen LogP contribution in [-0.2, 0) is 12.4 Å². The summed E-state index contributed by atoms with van der Waals surface area (Å²) in [5.74, 6) is 3.74. The Balaban J connectivity index is 1.60. The van der Waals surface area contributed by atoms with Crippen LogP contribution < -0.4 is 9.47 Å². The van der Waals surface area contributed by atoms with E-state index in [0.29, 0.717) is 0 Å². The summed E-state index contributed by atoms with van der Waals surface area (Å²) in [5.41, 5.74) is 2.23. The van der Waals surface area contributed by atoms with E-state index in [1.54, 1.807) is 7.11 Å². The fourth-order valence-corrected chi connectivity index (χ4v) is 2.91. The SMILES string of the molecule is COc1ccc(OCCCSCc2cccc(CO)c2)cc1. The molecule has 0 saturated carbocycles. The number of ether oxygens (including phenoxy) is 2. The standard InChI is InChI=1S/C18H22O3S/c1-20-17-6-8-18(9-7-17)21-10-3-11-22-14-16-5-2-4-15(12-16)13-19/h2,4-9,12,19H,3,10-11,13-14H2,1H3. The molecule has 0 aliphatic carbocycles. The molecule has 118 valence electrons. The van der Waals surface area contributed by atoms with E-state index in [9.17, 15) is 0 Å². The third kappa shape index (κ3) is 5.62. The second-order valence-electron chi connectivity index (χ2n) is 4.91. The zero-order valence-corrected chi connectivity index (χ0v) is 13.6. The fourth-order valence-electron chi connectivity index (χ4n) is 2.03. The van der Waals surface area contributed by atoms with Gasteiger partial charge in [0.15, 0.2) is 0 Å². The summed E-state index contributed by atoms with van der Waals surface area (Å²) in [6.45, 7) is 0.824. The highest BCUT2D eigenvalue weighted by molar-refractivity contribution is 7.98. The monoisotopic (exact) mass is 318 g/mol. The molecule has 0 heterocycles. The molecule has 0 atom stereocenters. The molecule has 4 heteroatoms. The lowest BCUT2D eigenvalue weighted by Gasteiger charge is -2.07. The summed E-state index contributed by atoms with van der Waals surface area (Å²) in [5, 5.41) is 9.11. The first-order valence-electron chi connectivity index (χ1n) is 7.35. The number of hydrogen-bond acceptors (Lipinski definition) is 4. The average Bonchev–Trinajstić information content (AvgIpc) is 2.58. The van der Waals surface area contributed by atoms with Crippen LogP contribution in [0.4, 0.5) is 0 Å². The normalized spacial score (nSPS) is 10.5. The highest BCUT2D eigenvalue weighted by Crippen LogP contribution is 2.18. The van der Waals surface area contributed by atoms with Gasteiger partial charge in [0, 0.05) is 5.75 Å². The highest BCUT2D eigenvalue weighted by Gasteiger charge is 1.98. The second kappa shape index (κ2) is 9.38. The number of thioether (sulfide) groups is 1. The molecule has 0 fully saturated rings. The lowest BCUT2D eigenvalue weighted by atomic mass is 10.1. The summed E-state index contributed by atoms with van der Waals surface area (Å²) in [6, 6.07) is 15.7. The van der Waals surface area contributed by atoms with E-state index >= 15 is 0 Å². The maximum atomic E-state index is 9.11. The minimum atomic E-state index is 0.105. The van der Waals surface area contributed by atoms with Gasteiger partial charge in [0.05, 0.1) is 20.3 Å². The number of hydrogen-bond donors (Lipinski definition) is 1. The van der Waals surface area contributed by atoms with E-state index in [1.165, 1.54) is 5.56 Å². The van der Waals surface area contributed by atoms with E-state index in [-0.39, 0.29) is 6.61 Å². The Morgan fingerprint density at radius 2 is 1.73 bits per heavy atom. The second-order valence-corrected chi connectivity index (χ2v) is 6.01. The van der Waals surface area contributed by atoms with Crippen molar-refractivity contribution in [1.82, 2.24) is 0 Å². The Kier molecular flexibility index (Phi) is 7.13. The van der Waals surface area contributed by atoms with Gasteiger partial charge in [-0.15, -0.1) is 0 Å². The Morgan fingerprint density at radius 3 is 2.45 bits per heavy atom. The predicted octanol–water partition coefficient (Wildman–Crippen LogP) is 3.89. The van der Waals surface area contributed by atoms with Gasteiger partial charge in [0.2, 0.25) is 0 Å². The van der Waals surface area contributed by atoms with Crippen LogP contribution in [0.15, 0.2) is 48.5 Å². The summed E-state index contributed by atoms with van der Waals surface area (Å²) in [6.07, 6.45) is 1.01. The minimum absolute atomic E-state index is 0.105. The van der Waals surface area contributed by atoms with Crippen LogP contribution in [-0.4, -0.2) is 24.6 Å². The summed E-state index contributed by atoms with van der Waals surface area (Å²) >= 11 is 1.89. The topological polar surface area (TPSA) is 38.7 Å². The third-order valence-corrected chi connectivity index (χ3v) is 4.32. The third-order valence-electron chi connectivity index (χ3n) is 3.20. The van der Waals surface area contributed by atoms with Gasteiger partial charge in [-0.2, -0.15) is 11.8 Å². The van der Waals surface area contributed by atoms with Crippen molar-refractivity contribution in [3.63, 3.8) is 0 Å². The number of benzene rings is 2. The van der Waals surface area contributed by atoms with Gasteiger partial charge in [0.1, 0.15) is 11.5 Å². The van der Waals surface area contributed by atoms with Gasteiger partial charge in [-0.25, -0.2) is 0 Å². The van der Waals surface area contributed by atoms with E-state index in [0.717, 1.165) is 41.6 Å². The summed E-state index contributed by atoms with van der Waals surface area (Å²) < 4.78 is 10.8. The fraction of sp³-hybridized carbons (Fsp3) is 0.333. The quantitative estimate of drug-likeness (QED) is 0.712. The Morgan fingerprint density at radius 1 is 1.00 bits per heavy atom. The van der Waals surface area contributed by atoms with Crippen LogP contribution >= 0.6 is 11.8 Å². The molecule has 2 rings (SSSR count). The van der Waals surface area contributed by atoms with E-state index in [1.807, 2.05) is 48.2 Å². The first-order valence-corrected chi connectivity index (χ1v) is 8.50. The molecule has 0 radical (unpaired) electrons. The molecule has 0 aromatic heterocycles. The molecule has 2 aromatic carbocycles. The van der Waals surface area contributed by atoms with Gasteiger partial charge < -0.3 is 14.6 Å². The number of methoxy groups -OCH3 is 1. The van der Waals surface area contributed by atoms with Gasteiger partial charge in [-0.1, -0.05) is 24.3 Å². The van der Waals surface area contributed by atoms with Gasteiger partial charge >= 0.3 is 0 Å². The van der Waals surface area contributed by atoms with Crippen molar-refractivity contribution in [1.29, 1.82) is 0 Å². The lowest BCUT2D eigenvalue weighted by Crippen LogP contribution is -1.99. The number of aliphatic hydroxyl groups is 1. The molecule has 0 spiro atoms. The van der Waals surface area contributed by atoms with E-state index in [4.69, 9.17) is 14.6 Å². The Hall–Kier alpha value is -1.65. The molecule has 1 N–H and O–H groups in total. The molecule has 0 amide bonds. The van der Waals surface area contributed by atoms with Crippen LogP contribution in [0.3, 0.4) is 0 Å². The molecular formula is C18H22O3S. The van der Waals surface area contributed by atoms with Gasteiger partial charge in [-0.3, -0.25) is 0 Å². The molecule has 0 aliphatic rings. The summed E-state index contributed by atoms with van der Waals surface area (Å²) in [4.78, 5) is 0. The first-order chi connectivity index (χ1) is 10.8. The smallest absolute Gasteiger partial charge is 0.119 e. The number of rotatable bonds is 9. The zero-order chi connectivity index (χ0) is 15.6. The van der Waals surface area contributed by atoms with E-state index in [2.05, 4.69) is 12.1 Å². The molecular weight excluding hydrogens is 296 g/mol. The molecule has 0 unspecified atom stereocenters. The van der Waals surface area contributed by atoms with Crippen LogP contribution in [0.1, 0.15) is 17.5 Å². The van der Waals surface area contributed by atoms with Crippen LogP contribution in [0.2, 0.25) is 0 Å². The molecule has 2 aromatic rings. The van der Waals surface area contributed by atoms with E-state index < -0.39 is 0 Å². The van der Waals surface area contributed by atoms with Crippen molar-refractivity contribution >= 4 is 11.8 Å². The predicted molar refractivity (Wildman–Crippen MR) is 91.6 cm³/mol. The van der Waals surface area contributed by atoms with Crippen molar-refractivity contribution in [2.75, 3.05) is 19.5 Å². The van der Waals surface area contributed by atoms with Crippen molar-refractivity contribution in [2.24, 2.45) is 0 Å². The minimum Gasteiger partial charge on any atom is -0.497 e. The van der Waals surface area contributed by atoms with Crippen molar-refractivity contribution in [3.8, 4) is 11.5 Å². The van der Waals surface area contributed by atoms with Crippen molar-refractivity contribution in [2.45, 2.75) is 18.8 Å². The number of aliphatic hydroxyl groups excluding tert-OH is 1. The van der Waals surface area contributed by atoms with Crippen LogP contribution in [0, 0.1) is 0 Å². The molecule has 0 bridgehead atoms. The van der Waals surface area contributed by atoms with Crippen LogP contribution in [0.5, 0.6) is 11.5 Å². The van der Waals surface area contributed by atoms with Gasteiger partial charge in [0.25, 0.3) is 0 Å². The summed E-state index contributed by atoms with van der Waals surface area (Å²) in [7, 11) is 1.66. The van der Waals surface area contributed by atoms with Crippen LogP contribution in [0.25, 0.3) is 0 Å². The average molecular weight is 318 g/mol. The lowest BCUT2D eigenvalue weighted by molar-refractivity contribution is 0.282. The molecule has 0 aliphatic heterocycles. The largest absolute Gasteiger partial charge is 0.497 e. The van der Waals surface area contributed by atoms with Gasteiger partial charge in [-0.05, 0) is 47.6 Å². The van der Waals surface area contributed by atoms with Crippen molar-refractivity contribution in [3.05, 3.63) is 59.7 Å². The highest BCUT2D eigenvalue weighted by atomic mass is 32.2.